The lowest BCUT2D eigenvalue weighted by atomic mass is 9.74. The van der Waals surface area contributed by atoms with Crippen LogP contribution in [0.15, 0.2) is 24.3 Å². The zero-order chi connectivity index (χ0) is 41.4. The van der Waals surface area contributed by atoms with Crippen LogP contribution in [0.25, 0.3) is 11.1 Å². The van der Waals surface area contributed by atoms with Gasteiger partial charge in [-0.05, 0) is 56.6 Å². The fraction of sp³-hybridized carbons (Fsp3) is 0.436. The Labute approximate surface area is 324 Å². The van der Waals surface area contributed by atoms with E-state index >= 15 is 0 Å². The van der Waals surface area contributed by atoms with Gasteiger partial charge in [-0.3, -0.25) is 24.1 Å². The minimum atomic E-state index is -1.80. The number of aliphatic hydroxyl groups excluding tert-OH is 3. The maximum Gasteiger partial charge on any atom is 0.325 e. The molecule has 2 saturated heterocycles. The number of likely N-dealkylation sites (N-methyl/N-ethyl adjacent to an activating group) is 1. The molecule has 18 nitrogen and oxygen atoms in total. The Morgan fingerprint density at radius 1 is 0.965 bits per heavy atom. The quantitative estimate of drug-likeness (QED) is 0.117. The van der Waals surface area contributed by atoms with Gasteiger partial charge in [0.25, 0.3) is 5.91 Å². The number of ether oxygens (including phenoxy) is 5. The number of ketones is 2. The summed E-state index contributed by atoms with van der Waals surface area (Å²) in [5, 5.41) is 79.6. The molecule has 0 aromatic heterocycles. The van der Waals surface area contributed by atoms with Crippen molar-refractivity contribution in [1.82, 2.24) is 10.2 Å². The van der Waals surface area contributed by atoms with E-state index in [4.69, 9.17) is 23.7 Å². The fourth-order valence-corrected chi connectivity index (χ4v) is 8.29. The number of morpholine rings is 1. The monoisotopic (exact) mass is 794 g/mol. The molecule has 2 aliphatic heterocycles. The number of hydrogen-bond acceptors (Lipinski definition) is 16. The highest BCUT2D eigenvalue weighted by molar-refractivity contribution is 6.31. The first-order valence-corrected chi connectivity index (χ1v) is 18.1. The van der Waals surface area contributed by atoms with Crippen LogP contribution in [0.5, 0.6) is 23.0 Å². The number of aliphatic hydroxyl groups is 3. The molecule has 2 aliphatic carbocycles. The number of hydrogen-bond donors (Lipinski definition) is 8. The van der Waals surface area contributed by atoms with Gasteiger partial charge in [-0.1, -0.05) is 6.07 Å². The maximum absolute atomic E-state index is 14.1. The van der Waals surface area contributed by atoms with Gasteiger partial charge in [-0.25, -0.2) is 0 Å². The van der Waals surface area contributed by atoms with Crippen LogP contribution in [-0.4, -0.2) is 141 Å². The zero-order valence-corrected chi connectivity index (χ0v) is 31.4. The average Bonchev–Trinajstić information content (AvgIpc) is 3.15. The highest BCUT2D eigenvalue weighted by Crippen LogP contribution is 2.57. The van der Waals surface area contributed by atoms with Gasteiger partial charge in [0, 0.05) is 34.9 Å². The fourth-order valence-electron chi connectivity index (χ4n) is 8.29. The molecule has 3 aromatic rings. The molecule has 57 heavy (non-hydrogen) atoms. The third-order valence-corrected chi connectivity index (χ3v) is 10.9. The van der Waals surface area contributed by atoms with Crippen LogP contribution in [0.2, 0.25) is 0 Å². The van der Waals surface area contributed by atoms with Crippen LogP contribution in [0.4, 0.5) is 0 Å². The number of carboxylic acid groups (broad SMARTS) is 1. The lowest BCUT2D eigenvalue weighted by molar-refractivity contribution is -0.344. The Hall–Kier alpha value is -5.18. The topological polar surface area (TPSA) is 271 Å². The van der Waals surface area contributed by atoms with Crippen molar-refractivity contribution in [2.24, 2.45) is 0 Å². The van der Waals surface area contributed by atoms with Crippen molar-refractivity contribution in [1.29, 1.82) is 0 Å². The number of carbonyl (C=O) groups excluding carboxylic acids is 3. The SMILES string of the molecule is COc1cc(O)c2c(c1)C(=O)c1c(cc3c(c1O)-c1c(cc(C)c(C(=O)NC(C)C(=O)O)c1O)[C@H](OC1OC(C)C4C(O[C@H](OCCO)CN4C)C1O)[C@H]3O)C2=O. The van der Waals surface area contributed by atoms with Gasteiger partial charge in [0.05, 0.1) is 49.2 Å². The lowest BCUT2D eigenvalue weighted by Gasteiger charge is -2.52. The normalized spacial score (nSPS) is 27.0. The number of rotatable bonds is 9. The van der Waals surface area contributed by atoms with Gasteiger partial charge in [-0.15, -0.1) is 0 Å². The summed E-state index contributed by atoms with van der Waals surface area (Å²) in [6, 6.07) is 2.96. The largest absolute Gasteiger partial charge is 0.507 e. The summed E-state index contributed by atoms with van der Waals surface area (Å²) in [6.07, 6.45) is -8.82. The molecule has 9 atom stereocenters. The molecule has 7 rings (SSSR count). The number of aryl methyl sites for hydroxylation is 1. The molecule has 1 amide bonds. The van der Waals surface area contributed by atoms with Crippen molar-refractivity contribution in [2.75, 3.05) is 33.9 Å². The van der Waals surface area contributed by atoms with Gasteiger partial charge < -0.3 is 64.7 Å². The zero-order valence-electron chi connectivity index (χ0n) is 31.4. The summed E-state index contributed by atoms with van der Waals surface area (Å²) in [5.41, 5.74) is -2.83. The third-order valence-electron chi connectivity index (χ3n) is 10.9. The third kappa shape index (κ3) is 6.47. The van der Waals surface area contributed by atoms with Crippen molar-refractivity contribution in [3.05, 3.63) is 68.8 Å². The molecule has 6 unspecified atom stereocenters. The number of carboxylic acids is 1. The first-order valence-electron chi connectivity index (χ1n) is 18.1. The van der Waals surface area contributed by atoms with Crippen molar-refractivity contribution >= 4 is 23.4 Å². The Kier molecular flexibility index (Phi) is 10.5. The van der Waals surface area contributed by atoms with Crippen molar-refractivity contribution in [3.63, 3.8) is 0 Å². The average molecular weight is 795 g/mol. The second-order valence-corrected chi connectivity index (χ2v) is 14.5. The van der Waals surface area contributed by atoms with Crippen LogP contribution >= 0.6 is 0 Å². The minimum Gasteiger partial charge on any atom is -0.507 e. The highest BCUT2D eigenvalue weighted by atomic mass is 16.7. The van der Waals surface area contributed by atoms with Crippen LogP contribution in [-0.2, 0) is 23.7 Å². The van der Waals surface area contributed by atoms with E-state index in [1.54, 1.807) is 14.0 Å². The van der Waals surface area contributed by atoms with E-state index in [-0.39, 0.29) is 57.9 Å². The Bertz CT molecular complexity index is 2190. The van der Waals surface area contributed by atoms with E-state index < -0.39 is 113 Å². The van der Waals surface area contributed by atoms with Gasteiger partial charge in [0.1, 0.15) is 53.5 Å². The molecule has 304 valence electrons. The molecule has 2 fully saturated rings. The number of methoxy groups -OCH3 is 1. The van der Waals surface area contributed by atoms with Crippen LogP contribution < -0.4 is 10.1 Å². The van der Waals surface area contributed by atoms with E-state index in [9.17, 15) is 54.9 Å². The Balaban J connectivity index is 1.38. The molecule has 4 aliphatic rings. The molecule has 3 aromatic carbocycles. The first kappa shape index (κ1) is 40.0. The van der Waals surface area contributed by atoms with Crippen molar-refractivity contribution in [2.45, 2.75) is 76.0 Å². The smallest absolute Gasteiger partial charge is 0.325 e. The molecule has 8 N–H and O–H groups in total. The summed E-state index contributed by atoms with van der Waals surface area (Å²) in [4.78, 5) is 55.1. The predicted octanol–water partition coefficient (Wildman–Crippen LogP) is 1.01. The number of aliphatic carboxylic acids is 1. The summed E-state index contributed by atoms with van der Waals surface area (Å²) in [5.74, 6) is -6.32. The van der Waals surface area contributed by atoms with Gasteiger partial charge >= 0.3 is 5.97 Å². The molecular formula is C39H42N2O16. The molecule has 0 saturated carbocycles. The lowest BCUT2D eigenvalue weighted by Crippen LogP contribution is -2.68. The number of phenolic OH excluding ortho intramolecular Hbond substituents is 3. The van der Waals surface area contributed by atoms with Crippen LogP contribution in [0.3, 0.4) is 0 Å². The van der Waals surface area contributed by atoms with E-state index in [1.807, 2.05) is 4.90 Å². The number of amides is 1. The summed E-state index contributed by atoms with van der Waals surface area (Å²) in [7, 11) is 3.07. The van der Waals surface area contributed by atoms with E-state index in [1.165, 1.54) is 33.1 Å². The predicted molar refractivity (Wildman–Crippen MR) is 193 cm³/mol. The Morgan fingerprint density at radius 2 is 1.63 bits per heavy atom. The van der Waals surface area contributed by atoms with Crippen molar-refractivity contribution < 1.29 is 78.6 Å². The number of phenols is 3. The maximum atomic E-state index is 14.1. The summed E-state index contributed by atoms with van der Waals surface area (Å²) in [6.45, 7) is 4.38. The number of aromatic hydroxyl groups is 3. The van der Waals surface area contributed by atoms with Crippen LogP contribution in [0, 0.1) is 6.92 Å². The number of nitrogens with zero attached hydrogens (tertiary/aromatic N) is 1. The number of fused-ring (bicyclic) bond motifs is 6. The number of nitrogens with one attached hydrogen (secondary N) is 1. The van der Waals surface area contributed by atoms with Gasteiger partial charge in [0.15, 0.2) is 24.1 Å². The number of carbonyl (C=O) groups is 4. The Morgan fingerprint density at radius 3 is 2.30 bits per heavy atom. The van der Waals surface area contributed by atoms with Gasteiger partial charge in [-0.2, -0.15) is 0 Å². The molecule has 18 heteroatoms. The molecule has 0 bridgehead atoms. The standard InChI is InChI=1S/C39H42N2O16/c1-13-8-20-26(32(47)23(13)37(50)40-14(2)38(51)52)25-18(11-19-27(33(25)48)30(45)17-9-16(53-5)10-21(43)24(17)29(19)44)31(46)35(20)57-39-34(49)36-28(15(3)55-39)41(4)12-22(56-36)54-7-6-42/h8-11,14-15,22,28,31,34-36,39,42-43,46-49H,6-7,12H2,1-5H3,(H,40,50)(H,51,52)/t14?,15?,22-,28?,31-,34?,35-,36?,39?/m0/s1. The second kappa shape index (κ2) is 15.0. The highest BCUT2D eigenvalue weighted by Gasteiger charge is 2.52. The van der Waals surface area contributed by atoms with Crippen LogP contribution in [0.1, 0.15) is 84.9 Å². The minimum absolute atomic E-state index is 0.0233. The second-order valence-electron chi connectivity index (χ2n) is 14.5. The molecule has 0 radical (unpaired) electrons. The van der Waals surface area contributed by atoms with E-state index in [0.717, 1.165) is 12.1 Å². The van der Waals surface area contributed by atoms with Crippen molar-refractivity contribution in [3.8, 4) is 34.1 Å². The summed E-state index contributed by atoms with van der Waals surface area (Å²) < 4.78 is 29.4. The molecular weight excluding hydrogens is 752 g/mol. The first-order chi connectivity index (χ1) is 27.0. The van der Waals surface area contributed by atoms with E-state index in [0.29, 0.717) is 6.54 Å². The number of benzene rings is 3. The summed E-state index contributed by atoms with van der Waals surface area (Å²) >= 11 is 0. The molecule has 2 heterocycles. The molecule has 0 spiro atoms. The van der Waals surface area contributed by atoms with Gasteiger partial charge in [0.2, 0.25) is 0 Å². The van der Waals surface area contributed by atoms with E-state index in [2.05, 4.69) is 5.32 Å².